The third-order valence-electron chi connectivity index (χ3n) is 4.44. The van der Waals surface area contributed by atoms with E-state index in [1.54, 1.807) is 12.1 Å². The van der Waals surface area contributed by atoms with Crippen LogP contribution in [0.5, 0.6) is 5.75 Å². The minimum atomic E-state index is -2.84. The highest BCUT2D eigenvalue weighted by molar-refractivity contribution is 5.81. The van der Waals surface area contributed by atoms with Gasteiger partial charge in [0.05, 0.1) is 0 Å². The molecule has 2 aromatic rings. The predicted octanol–water partition coefficient (Wildman–Crippen LogP) is 3.48. The molecule has 132 valence electrons. The first-order valence-corrected chi connectivity index (χ1v) is 8.22. The molecular weight excluding hydrogens is 326 g/mol. The van der Waals surface area contributed by atoms with Crippen molar-refractivity contribution in [1.82, 2.24) is 5.32 Å². The molecule has 3 rings (SSSR count). The van der Waals surface area contributed by atoms with E-state index in [4.69, 9.17) is 5.73 Å². The Balaban J connectivity index is 1.83. The number of nitrogens with one attached hydrogen (secondary N) is 1. The number of halogens is 2. The lowest BCUT2D eigenvalue weighted by atomic mass is 9.86. The average molecular weight is 346 g/mol. The van der Waals surface area contributed by atoms with Gasteiger partial charge in [-0.05, 0) is 48.1 Å². The fourth-order valence-corrected chi connectivity index (χ4v) is 3.33. The summed E-state index contributed by atoms with van der Waals surface area (Å²) in [7, 11) is 0. The molecule has 1 aliphatic rings. The molecule has 25 heavy (non-hydrogen) atoms. The summed E-state index contributed by atoms with van der Waals surface area (Å²) in [5, 5.41) is 3.32. The molecule has 0 aromatic heterocycles. The van der Waals surface area contributed by atoms with Crippen molar-refractivity contribution in [3.8, 4) is 5.75 Å². The molecule has 6 heteroatoms. The second kappa shape index (κ2) is 7.61. The number of nitrogens with two attached hydrogens (primary N) is 1. The molecule has 0 saturated heterocycles. The number of alkyl halides is 2. The summed E-state index contributed by atoms with van der Waals surface area (Å²) >= 11 is 0. The Morgan fingerprint density at radius 3 is 2.64 bits per heavy atom. The van der Waals surface area contributed by atoms with Crippen LogP contribution in [0.4, 0.5) is 8.78 Å². The number of amides is 1. The smallest absolute Gasteiger partial charge is 0.387 e. The van der Waals surface area contributed by atoms with Crippen molar-refractivity contribution in [2.45, 2.75) is 38.0 Å². The molecule has 0 heterocycles. The Morgan fingerprint density at radius 1 is 1.20 bits per heavy atom. The van der Waals surface area contributed by atoms with Crippen LogP contribution < -0.4 is 15.8 Å². The number of hydrogen-bond donors (Lipinski definition) is 2. The monoisotopic (exact) mass is 346 g/mol. The highest BCUT2D eigenvalue weighted by Gasteiger charge is 2.26. The van der Waals surface area contributed by atoms with Crippen molar-refractivity contribution in [2.24, 2.45) is 5.73 Å². The number of aryl methyl sites for hydroxylation is 1. The van der Waals surface area contributed by atoms with E-state index in [0.29, 0.717) is 0 Å². The van der Waals surface area contributed by atoms with Crippen LogP contribution in [0.2, 0.25) is 0 Å². The normalized spacial score (nSPS) is 17.8. The summed E-state index contributed by atoms with van der Waals surface area (Å²) in [4.78, 5) is 11.9. The highest BCUT2D eigenvalue weighted by atomic mass is 19.3. The lowest BCUT2D eigenvalue weighted by molar-refractivity contribution is -0.120. The topological polar surface area (TPSA) is 64.4 Å². The van der Waals surface area contributed by atoms with Gasteiger partial charge in [0, 0.05) is 6.04 Å². The Labute approximate surface area is 145 Å². The predicted molar refractivity (Wildman–Crippen MR) is 90.3 cm³/mol. The number of ether oxygens (including phenoxy) is 1. The van der Waals surface area contributed by atoms with Crippen LogP contribution in [-0.4, -0.2) is 12.5 Å². The minimum absolute atomic E-state index is 0.0675. The van der Waals surface area contributed by atoms with E-state index < -0.39 is 18.6 Å². The van der Waals surface area contributed by atoms with E-state index in [1.807, 2.05) is 30.3 Å². The van der Waals surface area contributed by atoms with Gasteiger partial charge in [0.15, 0.2) is 0 Å². The van der Waals surface area contributed by atoms with E-state index >= 15 is 0 Å². The quantitative estimate of drug-likeness (QED) is 0.842. The standard InChI is InChI=1S/C19H20F2N2O2/c20-19(21)25-14-9-10-15-13(11-14)7-4-8-16(15)23-17(18(22)24)12-5-2-1-3-6-12/h1-3,5-6,9-11,16-17,19,23H,4,7-8H2,(H2,22,24)/t16-,17+/m1/s1. The molecule has 4 nitrogen and oxygen atoms in total. The van der Waals surface area contributed by atoms with Crippen molar-refractivity contribution in [1.29, 1.82) is 0 Å². The van der Waals surface area contributed by atoms with Crippen LogP contribution in [0.15, 0.2) is 48.5 Å². The van der Waals surface area contributed by atoms with E-state index in [0.717, 1.165) is 36.0 Å². The molecule has 0 fully saturated rings. The molecule has 3 N–H and O–H groups in total. The van der Waals surface area contributed by atoms with Crippen LogP contribution in [0.1, 0.15) is 41.6 Å². The van der Waals surface area contributed by atoms with E-state index in [-0.39, 0.29) is 11.8 Å². The minimum Gasteiger partial charge on any atom is -0.435 e. The maximum Gasteiger partial charge on any atom is 0.387 e. The summed E-state index contributed by atoms with van der Waals surface area (Å²) < 4.78 is 29.3. The van der Waals surface area contributed by atoms with Crippen LogP contribution in [0, 0.1) is 0 Å². The van der Waals surface area contributed by atoms with Crippen molar-refractivity contribution in [3.63, 3.8) is 0 Å². The van der Waals surface area contributed by atoms with Gasteiger partial charge < -0.3 is 10.5 Å². The summed E-state index contributed by atoms with van der Waals surface area (Å²) in [5.41, 5.74) is 8.34. The van der Waals surface area contributed by atoms with E-state index in [9.17, 15) is 13.6 Å². The van der Waals surface area contributed by atoms with E-state index in [1.165, 1.54) is 6.07 Å². The lowest BCUT2D eigenvalue weighted by Gasteiger charge is -2.30. The van der Waals surface area contributed by atoms with Gasteiger partial charge in [-0.25, -0.2) is 0 Å². The molecule has 0 bridgehead atoms. The third kappa shape index (κ3) is 4.14. The number of rotatable bonds is 6. The summed E-state index contributed by atoms with van der Waals surface area (Å²) in [6, 6.07) is 13.6. The Kier molecular flexibility index (Phi) is 5.28. The molecule has 1 aliphatic carbocycles. The van der Waals surface area contributed by atoms with Gasteiger partial charge in [-0.1, -0.05) is 36.4 Å². The number of carbonyl (C=O) groups excluding carboxylic acids is 1. The van der Waals surface area contributed by atoms with E-state index in [2.05, 4.69) is 10.1 Å². The number of benzene rings is 2. The van der Waals surface area contributed by atoms with Gasteiger partial charge >= 0.3 is 6.61 Å². The van der Waals surface area contributed by atoms with Gasteiger partial charge in [0.2, 0.25) is 5.91 Å². The maximum absolute atomic E-state index is 12.4. The molecule has 0 unspecified atom stereocenters. The SMILES string of the molecule is NC(=O)[C@@H](N[C@@H]1CCCc2cc(OC(F)F)ccc21)c1ccccc1. The lowest BCUT2D eigenvalue weighted by Crippen LogP contribution is -2.37. The summed E-state index contributed by atoms with van der Waals surface area (Å²) in [6.07, 6.45) is 2.53. The molecule has 1 amide bonds. The Hall–Kier alpha value is -2.47. The van der Waals surface area contributed by atoms with Gasteiger partial charge in [-0.15, -0.1) is 0 Å². The Bertz CT molecular complexity index is 737. The first-order valence-electron chi connectivity index (χ1n) is 8.22. The number of fused-ring (bicyclic) bond motifs is 1. The second-order valence-electron chi connectivity index (χ2n) is 6.10. The zero-order valence-corrected chi connectivity index (χ0v) is 13.6. The Morgan fingerprint density at radius 2 is 1.96 bits per heavy atom. The van der Waals surface area contributed by atoms with Crippen molar-refractivity contribution in [3.05, 3.63) is 65.2 Å². The zero-order valence-electron chi connectivity index (χ0n) is 13.6. The van der Waals surface area contributed by atoms with Crippen LogP contribution in [0.3, 0.4) is 0 Å². The van der Waals surface area contributed by atoms with Gasteiger partial charge in [-0.2, -0.15) is 8.78 Å². The number of carbonyl (C=O) groups is 1. The molecule has 2 atom stereocenters. The second-order valence-corrected chi connectivity index (χ2v) is 6.10. The third-order valence-corrected chi connectivity index (χ3v) is 4.44. The van der Waals surface area contributed by atoms with Crippen molar-refractivity contribution < 1.29 is 18.3 Å². The molecule has 0 spiro atoms. The van der Waals surface area contributed by atoms with Gasteiger partial charge in [0.1, 0.15) is 11.8 Å². The fraction of sp³-hybridized carbons (Fsp3) is 0.316. The number of primary amides is 1. The van der Waals surface area contributed by atoms with Crippen molar-refractivity contribution >= 4 is 5.91 Å². The largest absolute Gasteiger partial charge is 0.435 e. The number of hydrogen-bond acceptors (Lipinski definition) is 3. The van der Waals surface area contributed by atoms with Crippen LogP contribution in [-0.2, 0) is 11.2 Å². The summed E-state index contributed by atoms with van der Waals surface area (Å²) in [6.45, 7) is -2.84. The zero-order chi connectivity index (χ0) is 17.8. The van der Waals surface area contributed by atoms with Crippen molar-refractivity contribution in [2.75, 3.05) is 0 Å². The summed E-state index contributed by atoms with van der Waals surface area (Å²) in [5.74, 6) is -0.292. The molecule has 0 radical (unpaired) electrons. The molecule has 0 aliphatic heterocycles. The first kappa shape index (κ1) is 17.4. The molecular formula is C19H20F2N2O2. The van der Waals surface area contributed by atoms with Gasteiger partial charge in [0.25, 0.3) is 0 Å². The highest BCUT2D eigenvalue weighted by Crippen LogP contribution is 2.34. The average Bonchev–Trinajstić information content (AvgIpc) is 2.59. The van der Waals surface area contributed by atoms with Gasteiger partial charge in [-0.3, -0.25) is 10.1 Å². The van der Waals surface area contributed by atoms with Crippen LogP contribution in [0.25, 0.3) is 0 Å². The molecule has 0 saturated carbocycles. The van der Waals surface area contributed by atoms with Crippen LogP contribution >= 0.6 is 0 Å². The first-order chi connectivity index (χ1) is 12.0. The fourth-order valence-electron chi connectivity index (χ4n) is 3.33. The molecule has 2 aromatic carbocycles. The maximum atomic E-state index is 12.4.